The molecule has 1 rings (SSSR count). The maximum absolute atomic E-state index is 10.9. The molecule has 0 saturated carbocycles. The highest BCUT2D eigenvalue weighted by Crippen LogP contribution is 2.23. The molecule has 0 unspecified atom stereocenters. The summed E-state index contributed by atoms with van der Waals surface area (Å²) in [5.41, 5.74) is 5.54. The van der Waals surface area contributed by atoms with Crippen molar-refractivity contribution < 1.29 is 14.5 Å². The van der Waals surface area contributed by atoms with Crippen LogP contribution in [0.3, 0.4) is 0 Å². The van der Waals surface area contributed by atoms with Crippen LogP contribution >= 0.6 is 15.9 Å². The van der Waals surface area contributed by atoms with Crippen LogP contribution in [0.1, 0.15) is 5.56 Å². The number of benzene rings is 1. The summed E-state index contributed by atoms with van der Waals surface area (Å²) in [6.07, 6.45) is 0. The molecule has 0 radical (unpaired) electrons. The lowest BCUT2D eigenvalue weighted by atomic mass is 10.2. The van der Waals surface area contributed by atoms with Crippen molar-refractivity contribution >= 4 is 27.5 Å². The lowest BCUT2D eigenvalue weighted by Gasteiger charge is -2.06. The lowest BCUT2D eigenvalue weighted by molar-refractivity contribution is -0.385. The van der Waals surface area contributed by atoms with E-state index in [1.165, 1.54) is 6.07 Å². The van der Waals surface area contributed by atoms with Gasteiger partial charge in [0.2, 0.25) is 5.91 Å². The maximum Gasteiger partial charge on any atom is 0.275 e. The summed E-state index contributed by atoms with van der Waals surface area (Å²) in [5, 5.41) is 13.9. The van der Waals surface area contributed by atoms with Crippen LogP contribution in [0.2, 0.25) is 0 Å². The number of ether oxygens (including phenoxy) is 1. The minimum absolute atomic E-state index is 0.0555. The third-order valence-corrected chi connectivity index (χ3v) is 2.72. The number of halogens is 1. The van der Waals surface area contributed by atoms with Gasteiger partial charge in [0.25, 0.3) is 5.69 Å². The molecule has 3 N–H and O–H groups in total. The summed E-state index contributed by atoms with van der Waals surface area (Å²) < 4.78 is 5.61. The number of hydrogen-bond acceptors (Lipinski definition) is 5. The van der Waals surface area contributed by atoms with Gasteiger partial charge in [-0.05, 0) is 12.1 Å². The van der Waals surface area contributed by atoms with Crippen molar-refractivity contribution in [3.63, 3.8) is 0 Å². The van der Waals surface area contributed by atoms with Gasteiger partial charge in [-0.2, -0.15) is 0 Å². The Hall–Kier alpha value is -1.51. The molecule has 0 saturated heterocycles. The molecule has 1 aromatic carbocycles. The molecule has 104 valence electrons. The molecule has 1 amide bonds. The van der Waals surface area contributed by atoms with E-state index in [9.17, 15) is 14.9 Å². The van der Waals surface area contributed by atoms with Gasteiger partial charge >= 0.3 is 0 Å². The molecule has 0 fully saturated rings. The average molecular weight is 332 g/mol. The molecule has 0 atom stereocenters. The van der Waals surface area contributed by atoms with E-state index in [-0.39, 0.29) is 12.3 Å². The summed E-state index contributed by atoms with van der Waals surface area (Å²) in [7, 11) is 0. The second-order valence-corrected chi connectivity index (χ2v) is 4.64. The number of nitro groups is 1. The van der Waals surface area contributed by atoms with Gasteiger partial charge in [-0.3, -0.25) is 14.9 Å². The third-order valence-electron chi connectivity index (χ3n) is 2.23. The van der Waals surface area contributed by atoms with Crippen LogP contribution in [0, 0.1) is 10.1 Å². The van der Waals surface area contributed by atoms with E-state index in [0.29, 0.717) is 29.7 Å². The zero-order valence-corrected chi connectivity index (χ0v) is 11.7. The zero-order chi connectivity index (χ0) is 14.3. The van der Waals surface area contributed by atoms with Crippen LogP contribution in [0.15, 0.2) is 22.7 Å². The van der Waals surface area contributed by atoms with E-state index < -0.39 is 10.8 Å². The standard InChI is InChI=1S/C11H14BrN3O4/c12-9-2-1-8(10(5-9)15(17)18)6-14-3-4-19-7-11(13)16/h1-2,5,14H,3-4,6-7H2,(H2,13,16). The second-order valence-electron chi connectivity index (χ2n) is 3.73. The fourth-order valence-electron chi connectivity index (χ4n) is 1.40. The molecule has 0 spiro atoms. The molecule has 0 aliphatic heterocycles. The SMILES string of the molecule is NC(=O)COCCNCc1ccc(Br)cc1[N+](=O)[O-]. The second kappa shape index (κ2) is 7.82. The Kier molecular flexibility index (Phi) is 6.40. The van der Waals surface area contributed by atoms with Crippen LogP contribution < -0.4 is 11.1 Å². The van der Waals surface area contributed by atoms with E-state index in [1.807, 2.05) is 0 Å². The van der Waals surface area contributed by atoms with E-state index in [0.717, 1.165) is 0 Å². The van der Waals surface area contributed by atoms with Gasteiger partial charge in [-0.1, -0.05) is 15.9 Å². The van der Waals surface area contributed by atoms with Gasteiger partial charge in [0.05, 0.1) is 11.5 Å². The number of primary amides is 1. The molecule has 1 aromatic rings. The number of carbonyl (C=O) groups excluding carboxylic acids is 1. The Bertz CT molecular complexity index is 467. The van der Waals surface area contributed by atoms with Gasteiger partial charge in [-0.25, -0.2) is 0 Å². The number of nitrogens with two attached hydrogens (primary N) is 1. The molecule has 0 aliphatic rings. The smallest absolute Gasteiger partial charge is 0.275 e. The molecule has 19 heavy (non-hydrogen) atoms. The number of nitro benzene ring substituents is 1. The van der Waals surface area contributed by atoms with Crippen LogP contribution in [0.25, 0.3) is 0 Å². The van der Waals surface area contributed by atoms with Crippen LogP contribution in [0.4, 0.5) is 5.69 Å². The summed E-state index contributed by atoms with van der Waals surface area (Å²) >= 11 is 3.19. The van der Waals surface area contributed by atoms with Gasteiger partial charge < -0.3 is 15.8 Å². The first-order valence-electron chi connectivity index (χ1n) is 5.50. The summed E-state index contributed by atoms with van der Waals surface area (Å²) in [4.78, 5) is 20.8. The van der Waals surface area contributed by atoms with Gasteiger partial charge in [0, 0.05) is 29.2 Å². The number of nitrogens with one attached hydrogen (secondary N) is 1. The molecular weight excluding hydrogens is 318 g/mol. The Morgan fingerprint density at radius 1 is 1.53 bits per heavy atom. The molecule has 0 aromatic heterocycles. The molecule has 0 heterocycles. The third kappa shape index (κ3) is 5.77. The quantitative estimate of drug-likeness (QED) is 0.419. The highest BCUT2D eigenvalue weighted by Gasteiger charge is 2.13. The lowest BCUT2D eigenvalue weighted by Crippen LogP contribution is -2.24. The van der Waals surface area contributed by atoms with Crippen LogP contribution in [-0.4, -0.2) is 30.6 Å². The number of hydrogen-bond donors (Lipinski definition) is 2. The highest BCUT2D eigenvalue weighted by atomic mass is 79.9. The predicted octanol–water partition coefficient (Wildman–Crippen LogP) is 0.949. The fourth-order valence-corrected chi connectivity index (χ4v) is 1.75. The van der Waals surface area contributed by atoms with E-state index in [4.69, 9.17) is 10.5 Å². The van der Waals surface area contributed by atoms with Gasteiger partial charge in [0.15, 0.2) is 0 Å². The van der Waals surface area contributed by atoms with E-state index in [1.54, 1.807) is 12.1 Å². The molecule has 0 bridgehead atoms. The van der Waals surface area contributed by atoms with Crippen molar-refractivity contribution in [2.75, 3.05) is 19.8 Å². The van der Waals surface area contributed by atoms with Crippen molar-refractivity contribution in [3.8, 4) is 0 Å². The minimum Gasteiger partial charge on any atom is -0.370 e. The first-order valence-corrected chi connectivity index (χ1v) is 6.29. The maximum atomic E-state index is 10.9. The first kappa shape index (κ1) is 15.5. The van der Waals surface area contributed by atoms with Crippen molar-refractivity contribution in [1.29, 1.82) is 0 Å². The number of amides is 1. The van der Waals surface area contributed by atoms with Crippen molar-refractivity contribution in [3.05, 3.63) is 38.3 Å². The van der Waals surface area contributed by atoms with Crippen molar-refractivity contribution in [2.24, 2.45) is 5.73 Å². The Morgan fingerprint density at radius 2 is 2.26 bits per heavy atom. The Balaban J connectivity index is 2.41. The minimum atomic E-state index is -0.524. The molecular formula is C11H14BrN3O4. The number of nitrogens with zero attached hydrogens (tertiary/aromatic N) is 1. The molecule has 8 heteroatoms. The summed E-state index contributed by atoms with van der Waals surface area (Å²) in [5.74, 6) is -0.524. The molecule has 7 nitrogen and oxygen atoms in total. The van der Waals surface area contributed by atoms with Crippen LogP contribution in [0.5, 0.6) is 0 Å². The van der Waals surface area contributed by atoms with Gasteiger partial charge in [0.1, 0.15) is 6.61 Å². The Labute approximate surface area is 118 Å². The fraction of sp³-hybridized carbons (Fsp3) is 0.364. The van der Waals surface area contributed by atoms with E-state index in [2.05, 4.69) is 21.2 Å². The molecule has 0 aliphatic carbocycles. The topological polar surface area (TPSA) is 107 Å². The number of rotatable bonds is 8. The summed E-state index contributed by atoms with van der Waals surface area (Å²) in [6, 6.07) is 4.88. The monoisotopic (exact) mass is 331 g/mol. The first-order chi connectivity index (χ1) is 9.00. The number of carbonyl (C=O) groups is 1. The van der Waals surface area contributed by atoms with Crippen LogP contribution in [-0.2, 0) is 16.1 Å². The largest absolute Gasteiger partial charge is 0.370 e. The highest BCUT2D eigenvalue weighted by molar-refractivity contribution is 9.10. The van der Waals surface area contributed by atoms with Crippen molar-refractivity contribution in [2.45, 2.75) is 6.54 Å². The normalized spacial score (nSPS) is 10.4. The van der Waals surface area contributed by atoms with Gasteiger partial charge in [-0.15, -0.1) is 0 Å². The average Bonchev–Trinajstić information content (AvgIpc) is 2.34. The zero-order valence-electron chi connectivity index (χ0n) is 10.1. The van der Waals surface area contributed by atoms with E-state index >= 15 is 0 Å². The Morgan fingerprint density at radius 3 is 2.89 bits per heavy atom. The summed E-state index contributed by atoms with van der Waals surface area (Å²) in [6.45, 7) is 1.01. The van der Waals surface area contributed by atoms with Crippen molar-refractivity contribution in [1.82, 2.24) is 5.32 Å². The predicted molar refractivity (Wildman–Crippen MR) is 72.5 cm³/mol.